The van der Waals surface area contributed by atoms with Crippen molar-refractivity contribution in [2.45, 2.75) is 63.8 Å². The predicted molar refractivity (Wildman–Crippen MR) is 118 cm³/mol. The number of nitrogens with zero attached hydrogens (tertiary/aromatic N) is 2. The molecule has 1 saturated heterocycles. The third-order valence-electron chi connectivity index (χ3n) is 6.76. The van der Waals surface area contributed by atoms with Crippen LogP contribution in [0.4, 0.5) is 0 Å². The first-order valence-electron chi connectivity index (χ1n) is 11.3. The Morgan fingerprint density at radius 1 is 0.900 bits per heavy atom. The zero-order chi connectivity index (χ0) is 21.1. The van der Waals surface area contributed by atoms with E-state index >= 15 is 0 Å². The van der Waals surface area contributed by atoms with E-state index in [-0.39, 0.29) is 30.4 Å². The van der Waals surface area contributed by atoms with Gasteiger partial charge in [0, 0.05) is 30.8 Å². The molecule has 30 heavy (non-hydrogen) atoms. The number of aliphatic hydroxyl groups excluding tert-OH is 1. The lowest BCUT2D eigenvalue weighted by Crippen LogP contribution is -2.44. The molecule has 5 nitrogen and oxygen atoms in total. The van der Waals surface area contributed by atoms with Crippen molar-refractivity contribution in [3.8, 4) is 0 Å². The number of hydrogen-bond acceptors (Lipinski definition) is 4. The Balaban J connectivity index is 1.71. The minimum atomic E-state index is -0.172. The molecule has 1 aliphatic carbocycles. The van der Waals surface area contributed by atoms with Gasteiger partial charge in [0.2, 0.25) is 0 Å². The number of benzene rings is 1. The topological polar surface area (TPSA) is 60.9 Å². The average molecular weight is 431 g/mol. The molecule has 162 valence electrons. The lowest BCUT2D eigenvalue weighted by atomic mass is 9.95. The van der Waals surface area contributed by atoms with E-state index in [9.17, 15) is 14.7 Å². The second kappa shape index (κ2) is 9.52. The maximum absolute atomic E-state index is 13.7. The van der Waals surface area contributed by atoms with Crippen molar-refractivity contribution in [3.63, 3.8) is 0 Å². The largest absolute Gasteiger partial charge is 0.396 e. The molecule has 2 heterocycles. The van der Waals surface area contributed by atoms with E-state index in [1.165, 1.54) is 19.3 Å². The summed E-state index contributed by atoms with van der Waals surface area (Å²) in [5, 5.41) is 10.3. The maximum Gasteiger partial charge on any atom is 0.278 e. The Morgan fingerprint density at radius 2 is 1.57 bits per heavy atom. The lowest BCUT2D eigenvalue weighted by Gasteiger charge is -2.35. The molecule has 0 radical (unpaired) electrons. The first kappa shape index (κ1) is 21.4. The van der Waals surface area contributed by atoms with Crippen LogP contribution in [0, 0.1) is 5.92 Å². The van der Waals surface area contributed by atoms with Gasteiger partial charge in [0.1, 0.15) is 5.70 Å². The molecule has 2 aliphatic heterocycles. The van der Waals surface area contributed by atoms with Crippen LogP contribution in [0.1, 0.15) is 63.4 Å². The number of piperidine rings is 1. The van der Waals surface area contributed by atoms with E-state index in [4.69, 9.17) is 11.6 Å². The van der Waals surface area contributed by atoms with E-state index in [1.807, 2.05) is 17.0 Å². The van der Waals surface area contributed by atoms with E-state index < -0.39 is 0 Å². The Labute approximate surface area is 183 Å². The summed E-state index contributed by atoms with van der Waals surface area (Å²) >= 11 is 6.07. The zero-order valence-corrected chi connectivity index (χ0v) is 18.2. The second-order valence-corrected chi connectivity index (χ2v) is 9.28. The van der Waals surface area contributed by atoms with Gasteiger partial charge in [-0.25, -0.2) is 0 Å². The smallest absolute Gasteiger partial charge is 0.278 e. The average Bonchev–Trinajstić information content (AvgIpc) is 2.99. The standard InChI is InChI=1S/C24H31ClN2O3/c25-19-12-10-18(11-13-19)21-22(26-14-6-7-17(15-26)16-28)24(30)27(23(21)29)20-8-4-2-1-3-5-9-20/h10-13,17,20,28H,1-9,14-16H2. The van der Waals surface area contributed by atoms with Crippen LogP contribution >= 0.6 is 11.6 Å². The van der Waals surface area contributed by atoms with E-state index in [1.54, 1.807) is 17.0 Å². The van der Waals surface area contributed by atoms with Gasteiger partial charge in [-0.3, -0.25) is 14.5 Å². The van der Waals surface area contributed by atoms with Crippen LogP contribution in [0.2, 0.25) is 5.02 Å². The fraction of sp³-hybridized carbons (Fsp3) is 0.583. The fourth-order valence-corrected chi connectivity index (χ4v) is 5.27. The van der Waals surface area contributed by atoms with Crippen molar-refractivity contribution in [1.29, 1.82) is 0 Å². The van der Waals surface area contributed by atoms with Crippen LogP contribution in [0.5, 0.6) is 0 Å². The van der Waals surface area contributed by atoms with Crippen LogP contribution in [0.25, 0.3) is 5.57 Å². The summed E-state index contributed by atoms with van der Waals surface area (Å²) in [7, 11) is 0. The molecule has 1 atom stereocenters. The van der Waals surface area contributed by atoms with Crippen molar-refractivity contribution in [2.75, 3.05) is 19.7 Å². The number of carbonyl (C=O) groups is 2. The summed E-state index contributed by atoms with van der Waals surface area (Å²) in [5.41, 5.74) is 1.76. The summed E-state index contributed by atoms with van der Waals surface area (Å²) in [4.78, 5) is 30.9. The van der Waals surface area contributed by atoms with Crippen molar-refractivity contribution < 1.29 is 14.7 Å². The minimum Gasteiger partial charge on any atom is -0.396 e. The van der Waals surface area contributed by atoms with Crippen LogP contribution in [0.15, 0.2) is 30.0 Å². The number of carbonyl (C=O) groups excluding carboxylic acids is 2. The molecule has 1 aromatic carbocycles. The summed E-state index contributed by atoms with van der Waals surface area (Å²) < 4.78 is 0. The maximum atomic E-state index is 13.7. The molecular weight excluding hydrogens is 400 g/mol. The van der Waals surface area contributed by atoms with Gasteiger partial charge in [0.05, 0.1) is 5.57 Å². The quantitative estimate of drug-likeness (QED) is 0.726. The van der Waals surface area contributed by atoms with Gasteiger partial charge >= 0.3 is 0 Å². The molecule has 2 fully saturated rings. The van der Waals surface area contributed by atoms with Crippen molar-refractivity contribution in [3.05, 3.63) is 40.5 Å². The summed E-state index contributed by atoms with van der Waals surface area (Å²) in [6, 6.07) is 7.17. The normalized spacial score (nSPS) is 24.4. The highest BCUT2D eigenvalue weighted by atomic mass is 35.5. The number of halogens is 1. The molecule has 6 heteroatoms. The highest BCUT2D eigenvalue weighted by Gasteiger charge is 2.45. The molecule has 1 unspecified atom stereocenters. The van der Waals surface area contributed by atoms with E-state index in [0.29, 0.717) is 22.8 Å². The van der Waals surface area contributed by atoms with Gasteiger partial charge < -0.3 is 10.0 Å². The second-order valence-electron chi connectivity index (χ2n) is 8.85. The first-order valence-corrected chi connectivity index (χ1v) is 11.7. The highest BCUT2D eigenvalue weighted by molar-refractivity contribution is 6.36. The number of hydrogen-bond donors (Lipinski definition) is 1. The number of amides is 2. The molecule has 3 aliphatic rings. The highest BCUT2D eigenvalue weighted by Crippen LogP contribution is 2.37. The Kier molecular flexibility index (Phi) is 6.79. The minimum absolute atomic E-state index is 0.0245. The molecule has 1 aromatic rings. The van der Waals surface area contributed by atoms with Crippen LogP contribution in [0.3, 0.4) is 0 Å². The third kappa shape index (κ3) is 4.28. The first-order chi connectivity index (χ1) is 14.6. The van der Waals surface area contributed by atoms with Crippen molar-refractivity contribution in [2.24, 2.45) is 5.92 Å². The van der Waals surface area contributed by atoms with Gasteiger partial charge in [-0.15, -0.1) is 0 Å². The van der Waals surface area contributed by atoms with Crippen LogP contribution in [-0.4, -0.2) is 52.5 Å². The zero-order valence-electron chi connectivity index (χ0n) is 17.5. The van der Waals surface area contributed by atoms with Gasteiger partial charge in [-0.05, 0) is 49.3 Å². The Bertz CT molecular complexity index is 812. The molecule has 0 bridgehead atoms. The van der Waals surface area contributed by atoms with Gasteiger partial charge in [-0.1, -0.05) is 55.8 Å². The lowest BCUT2D eigenvalue weighted by molar-refractivity contribution is -0.140. The SMILES string of the molecule is O=C1C(c2ccc(Cl)cc2)=C(N2CCCC(CO)C2)C(=O)N1C1CCCCCCC1. The number of imide groups is 1. The predicted octanol–water partition coefficient (Wildman–Crippen LogP) is 4.24. The van der Waals surface area contributed by atoms with Crippen LogP contribution < -0.4 is 0 Å². The van der Waals surface area contributed by atoms with Crippen molar-refractivity contribution in [1.82, 2.24) is 9.80 Å². The number of likely N-dealkylation sites (tertiary alicyclic amines) is 1. The van der Waals surface area contributed by atoms with Gasteiger partial charge in [0.25, 0.3) is 11.8 Å². The van der Waals surface area contributed by atoms with Gasteiger partial charge in [0.15, 0.2) is 0 Å². The van der Waals surface area contributed by atoms with Crippen LogP contribution in [-0.2, 0) is 9.59 Å². The third-order valence-corrected chi connectivity index (χ3v) is 7.01. The Morgan fingerprint density at radius 3 is 2.23 bits per heavy atom. The monoisotopic (exact) mass is 430 g/mol. The molecule has 2 amide bonds. The molecule has 4 rings (SSSR count). The van der Waals surface area contributed by atoms with E-state index in [0.717, 1.165) is 50.6 Å². The molecule has 0 spiro atoms. The summed E-state index contributed by atoms with van der Waals surface area (Å²) in [6.07, 6.45) is 9.33. The number of aliphatic hydroxyl groups is 1. The molecular formula is C24H31ClN2O3. The van der Waals surface area contributed by atoms with Gasteiger partial charge in [-0.2, -0.15) is 0 Å². The summed E-state index contributed by atoms with van der Waals surface area (Å²) in [6.45, 7) is 1.45. The Hall–Kier alpha value is -1.85. The van der Waals surface area contributed by atoms with E-state index in [2.05, 4.69) is 0 Å². The summed E-state index contributed by atoms with van der Waals surface area (Å²) in [5.74, 6) is -0.195. The number of rotatable bonds is 4. The fourth-order valence-electron chi connectivity index (χ4n) is 5.15. The molecule has 0 aromatic heterocycles. The molecule has 1 saturated carbocycles. The van der Waals surface area contributed by atoms with Crippen molar-refractivity contribution >= 4 is 29.0 Å². The molecule has 1 N–H and O–H groups in total.